The standard InChI is InChI=1S/C19H24ClN3O4/c1-10-7-15(20)8-11(2)18(10)26-9-16(24)27-14(5)19(25)21-17-12(3)22-23(6)13(17)4/h7-8,14H,9H2,1-6H3,(H,21,25)/t14-/m1/s1. The van der Waals surface area contributed by atoms with Gasteiger partial charge in [0.2, 0.25) is 0 Å². The molecule has 1 heterocycles. The SMILES string of the molecule is Cc1cc(Cl)cc(C)c1OCC(=O)O[C@H](C)C(=O)Nc1c(C)nn(C)c1C. The molecule has 146 valence electrons. The molecule has 0 radical (unpaired) electrons. The van der Waals surface area contributed by atoms with Crippen LogP contribution in [0.15, 0.2) is 12.1 Å². The Bertz CT molecular complexity index is 853. The van der Waals surface area contributed by atoms with E-state index in [2.05, 4.69) is 10.4 Å². The second kappa shape index (κ2) is 8.43. The number of nitrogens with one attached hydrogen (secondary N) is 1. The van der Waals surface area contributed by atoms with Crippen molar-refractivity contribution in [1.29, 1.82) is 0 Å². The number of rotatable bonds is 6. The van der Waals surface area contributed by atoms with Gasteiger partial charge >= 0.3 is 5.97 Å². The van der Waals surface area contributed by atoms with Gasteiger partial charge in [-0.05, 0) is 57.9 Å². The van der Waals surface area contributed by atoms with Gasteiger partial charge in [-0.15, -0.1) is 0 Å². The third-order valence-corrected chi connectivity index (χ3v) is 4.41. The molecule has 0 spiro atoms. The molecular weight excluding hydrogens is 370 g/mol. The quantitative estimate of drug-likeness (QED) is 0.761. The van der Waals surface area contributed by atoms with Crippen LogP contribution >= 0.6 is 11.6 Å². The van der Waals surface area contributed by atoms with Crippen molar-refractivity contribution in [2.24, 2.45) is 7.05 Å². The van der Waals surface area contributed by atoms with Crippen LogP contribution in [0, 0.1) is 27.7 Å². The van der Waals surface area contributed by atoms with E-state index in [-0.39, 0.29) is 6.61 Å². The Morgan fingerprint density at radius 1 is 1.22 bits per heavy atom. The average molecular weight is 394 g/mol. The minimum absolute atomic E-state index is 0.300. The van der Waals surface area contributed by atoms with Crippen molar-refractivity contribution in [2.45, 2.75) is 40.7 Å². The van der Waals surface area contributed by atoms with Crippen LogP contribution in [0.1, 0.15) is 29.4 Å². The van der Waals surface area contributed by atoms with Gasteiger partial charge in [0, 0.05) is 12.1 Å². The molecule has 1 atom stereocenters. The molecule has 0 saturated heterocycles. The first-order valence-corrected chi connectivity index (χ1v) is 8.88. The number of carbonyl (C=O) groups is 2. The highest BCUT2D eigenvalue weighted by Gasteiger charge is 2.21. The zero-order valence-electron chi connectivity index (χ0n) is 16.3. The first-order valence-electron chi connectivity index (χ1n) is 8.50. The van der Waals surface area contributed by atoms with Crippen molar-refractivity contribution in [3.63, 3.8) is 0 Å². The van der Waals surface area contributed by atoms with Crippen LogP contribution in [-0.4, -0.2) is 34.4 Å². The van der Waals surface area contributed by atoms with Crippen molar-refractivity contribution in [3.05, 3.63) is 39.7 Å². The van der Waals surface area contributed by atoms with Gasteiger partial charge in [0.1, 0.15) is 5.75 Å². The second-order valence-electron chi connectivity index (χ2n) is 6.45. The van der Waals surface area contributed by atoms with Crippen molar-refractivity contribution >= 4 is 29.2 Å². The molecule has 1 aromatic carbocycles. The Balaban J connectivity index is 1.92. The zero-order valence-corrected chi connectivity index (χ0v) is 17.1. The normalized spacial score (nSPS) is 11.8. The summed E-state index contributed by atoms with van der Waals surface area (Å²) >= 11 is 5.98. The van der Waals surface area contributed by atoms with Gasteiger partial charge in [0.25, 0.3) is 5.91 Å². The molecule has 1 amide bonds. The molecule has 0 bridgehead atoms. The fourth-order valence-corrected chi connectivity index (χ4v) is 3.05. The number of ether oxygens (including phenoxy) is 2. The molecule has 2 aromatic rings. The third-order valence-electron chi connectivity index (χ3n) is 4.19. The molecule has 8 heteroatoms. The number of hydrogen-bond donors (Lipinski definition) is 1. The van der Waals surface area contributed by atoms with Crippen LogP contribution in [0.5, 0.6) is 5.75 Å². The molecular formula is C19H24ClN3O4. The second-order valence-corrected chi connectivity index (χ2v) is 6.88. The van der Waals surface area contributed by atoms with E-state index in [1.807, 2.05) is 20.8 Å². The van der Waals surface area contributed by atoms with Gasteiger partial charge in [-0.2, -0.15) is 5.10 Å². The number of aromatic nitrogens is 2. The lowest BCUT2D eigenvalue weighted by molar-refractivity contribution is -0.155. The fraction of sp³-hybridized carbons (Fsp3) is 0.421. The Hall–Kier alpha value is -2.54. The monoisotopic (exact) mass is 393 g/mol. The lowest BCUT2D eigenvalue weighted by Gasteiger charge is -2.15. The number of anilines is 1. The average Bonchev–Trinajstić information content (AvgIpc) is 2.79. The van der Waals surface area contributed by atoms with Crippen LogP contribution in [0.4, 0.5) is 5.69 Å². The van der Waals surface area contributed by atoms with E-state index in [9.17, 15) is 9.59 Å². The molecule has 0 aliphatic carbocycles. The summed E-state index contributed by atoms with van der Waals surface area (Å²) in [6.07, 6.45) is -0.965. The Labute approximate surface area is 163 Å². The third kappa shape index (κ3) is 5.01. The number of nitrogens with zero attached hydrogens (tertiary/aromatic N) is 2. The molecule has 0 fully saturated rings. The number of hydrogen-bond acceptors (Lipinski definition) is 5. The molecule has 1 aromatic heterocycles. The van der Waals surface area contributed by atoms with Crippen molar-refractivity contribution in [1.82, 2.24) is 9.78 Å². The van der Waals surface area contributed by atoms with Crippen LogP contribution in [0.3, 0.4) is 0 Å². The largest absolute Gasteiger partial charge is 0.481 e. The molecule has 7 nitrogen and oxygen atoms in total. The lowest BCUT2D eigenvalue weighted by atomic mass is 10.1. The van der Waals surface area contributed by atoms with Crippen molar-refractivity contribution < 1.29 is 19.1 Å². The van der Waals surface area contributed by atoms with E-state index in [0.29, 0.717) is 22.2 Å². The molecule has 0 aliphatic rings. The molecule has 2 rings (SSSR count). The Kier molecular flexibility index (Phi) is 6.49. The molecule has 1 N–H and O–H groups in total. The number of amides is 1. The van der Waals surface area contributed by atoms with Crippen molar-refractivity contribution in [2.75, 3.05) is 11.9 Å². The van der Waals surface area contributed by atoms with Gasteiger partial charge in [0.15, 0.2) is 12.7 Å². The number of benzene rings is 1. The van der Waals surface area contributed by atoms with Gasteiger partial charge < -0.3 is 14.8 Å². The highest BCUT2D eigenvalue weighted by Crippen LogP contribution is 2.27. The number of esters is 1. The smallest absolute Gasteiger partial charge is 0.344 e. The van der Waals surface area contributed by atoms with Gasteiger partial charge in [0.05, 0.1) is 17.1 Å². The van der Waals surface area contributed by atoms with E-state index >= 15 is 0 Å². The summed E-state index contributed by atoms with van der Waals surface area (Å²) in [5.74, 6) is -0.484. The Morgan fingerprint density at radius 3 is 2.33 bits per heavy atom. The Morgan fingerprint density at radius 2 is 1.81 bits per heavy atom. The number of halogens is 1. The summed E-state index contributed by atoms with van der Waals surface area (Å²) in [6.45, 7) is 8.53. The van der Waals surface area contributed by atoms with Gasteiger partial charge in [-0.1, -0.05) is 11.6 Å². The summed E-state index contributed by atoms with van der Waals surface area (Å²) in [7, 11) is 1.79. The number of carbonyl (C=O) groups excluding carboxylic acids is 2. The topological polar surface area (TPSA) is 82.4 Å². The lowest BCUT2D eigenvalue weighted by Crippen LogP contribution is -2.32. The minimum Gasteiger partial charge on any atom is -0.481 e. The minimum atomic E-state index is -0.965. The first kappa shape index (κ1) is 20.8. The zero-order chi connectivity index (χ0) is 20.3. The van der Waals surface area contributed by atoms with E-state index < -0.39 is 18.0 Å². The predicted octanol–water partition coefficient (Wildman–Crippen LogP) is 3.26. The summed E-state index contributed by atoms with van der Waals surface area (Å²) < 4.78 is 12.4. The fourth-order valence-electron chi connectivity index (χ4n) is 2.72. The van der Waals surface area contributed by atoms with Gasteiger partial charge in [-0.3, -0.25) is 9.48 Å². The van der Waals surface area contributed by atoms with E-state index in [0.717, 1.165) is 16.8 Å². The van der Waals surface area contributed by atoms with Crippen molar-refractivity contribution in [3.8, 4) is 5.75 Å². The van der Waals surface area contributed by atoms with E-state index in [4.69, 9.17) is 21.1 Å². The van der Waals surface area contributed by atoms with Crippen LogP contribution in [-0.2, 0) is 21.4 Å². The van der Waals surface area contributed by atoms with E-state index in [1.165, 1.54) is 6.92 Å². The van der Waals surface area contributed by atoms with Crippen LogP contribution in [0.2, 0.25) is 5.02 Å². The van der Waals surface area contributed by atoms with E-state index in [1.54, 1.807) is 30.8 Å². The molecule has 27 heavy (non-hydrogen) atoms. The summed E-state index contributed by atoms with van der Waals surface area (Å²) in [4.78, 5) is 24.3. The number of aryl methyl sites for hydroxylation is 4. The van der Waals surface area contributed by atoms with Crippen LogP contribution in [0.25, 0.3) is 0 Å². The first-order chi connectivity index (χ1) is 12.6. The summed E-state index contributed by atoms with van der Waals surface area (Å²) in [5.41, 5.74) is 3.77. The maximum Gasteiger partial charge on any atom is 0.344 e. The highest BCUT2D eigenvalue weighted by molar-refractivity contribution is 6.30. The summed E-state index contributed by atoms with van der Waals surface area (Å²) in [5, 5.41) is 7.59. The van der Waals surface area contributed by atoms with Gasteiger partial charge in [-0.25, -0.2) is 4.79 Å². The highest BCUT2D eigenvalue weighted by atomic mass is 35.5. The van der Waals surface area contributed by atoms with Crippen LogP contribution < -0.4 is 10.1 Å². The maximum absolute atomic E-state index is 12.3. The predicted molar refractivity (Wildman–Crippen MR) is 103 cm³/mol. The molecule has 0 aliphatic heterocycles. The summed E-state index contributed by atoms with van der Waals surface area (Å²) in [6, 6.07) is 3.51. The molecule has 0 saturated carbocycles. The molecule has 0 unspecified atom stereocenters. The maximum atomic E-state index is 12.3.